The van der Waals surface area contributed by atoms with Crippen molar-refractivity contribution in [1.29, 1.82) is 0 Å². The molecule has 2 atom stereocenters. The van der Waals surface area contributed by atoms with Crippen LogP contribution in [0.4, 0.5) is 5.82 Å². The molecule has 0 unspecified atom stereocenters. The van der Waals surface area contributed by atoms with Crippen molar-refractivity contribution in [3.05, 3.63) is 23.9 Å². The number of hydrogen-bond acceptors (Lipinski definition) is 5. The Morgan fingerprint density at radius 3 is 2.44 bits per heavy atom. The van der Waals surface area contributed by atoms with Crippen LogP contribution in [0.15, 0.2) is 18.3 Å². The molecule has 2 amide bonds. The van der Waals surface area contributed by atoms with Gasteiger partial charge in [-0.05, 0) is 12.1 Å². The zero-order chi connectivity index (χ0) is 18.4. The zero-order valence-electron chi connectivity index (χ0n) is 14.6. The fourth-order valence-corrected chi connectivity index (χ4v) is 3.74. The SMILES string of the molecule is CC(=O)N1C[C@H]2CN(c3ccc(C(=O)N(C)C)cn3)C[C@@]2(C(=O)O)C1. The first kappa shape index (κ1) is 17.2. The van der Waals surface area contributed by atoms with Gasteiger partial charge in [0.05, 0.1) is 5.56 Å². The Kier molecular flexibility index (Phi) is 4.14. The first-order valence-electron chi connectivity index (χ1n) is 8.16. The van der Waals surface area contributed by atoms with Crippen LogP contribution in [0, 0.1) is 11.3 Å². The van der Waals surface area contributed by atoms with Gasteiger partial charge in [-0.2, -0.15) is 0 Å². The maximum Gasteiger partial charge on any atom is 0.313 e. The van der Waals surface area contributed by atoms with Crippen LogP contribution < -0.4 is 4.90 Å². The minimum absolute atomic E-state index is 0.0914. The molecule has 0 spiro atoms. The van der Waals surface area contributed by atoms with Crippen LogP contribution in [0.5, 0.6) is 0 Å². The summed E-state index contributed by atoms with van der Waals surface area (Å²) in [7, 11) is 3.35. The molecule has 1 aromatic rings. The highest BCUT2D eigenvalue weighted by molar-refractivity contribution is 5.93. The van der Waals surface area contributed by atoms with Crippen LogP contribution in [0.25, 0.3) is 0 Å². The lowest BCUT2D eigenvalue weighted by molar-refractivity contribution is -0.148. The Bertz CT molecular complexity index is 718. The molecule has 25 heavy (non-hydrogen) atoms. The molecule has 0 aromatic carbocycles. The normalized spacial score (nSPS) is 25.0. The number of hydrogen-bond donors (Lipinski definition) is 1. The maximum absolute atomic E-state index is 11.9. The molecular formula is C17H22N4O4. The number of carbonyl (C=O) groups excluding carboxylic acids is 2. The van der Waals surface area contributed by atoms with E-state index in [2.05, 4.69) is 4.98 Å². The van der Waals surface area contributed by atoms with Crippen molar-refractivity contribution < 1.29 is 19.5 Å². The largest absolute Gasteiger partial charge is 0.481 e. The molecule has 2 aliphatic heterocycles. The lowest BCUT2D eigenvalue weighted by Crippen LogP contribution is -2.41. The van der Waals surface area contributed by atoms with Crippen LogP contribution in [0.2, 0.25) is 0 Å². The predicted octanol–water partition coefficient (Wildman–Crippen LogP) is 0.153. The Morgan fingerprint density at radius 2 is 1.96 bits per heavy atom. The summed E-state index contributed by atoms with van der Waals surface area (Å²) in [5.74, 6) is -0.565. The Morgan fingerprint density at radius 1 is 1.24 bits per heavy atom. The van der Waals surface area contributed by atoms with Gasteiger partial charge in [0.15, 0.2) is 0 Å². The quantitative estimate of drug-likeness (QED) is 0.837. The summed E-state index contributed by atoms with van der Waals surface area (Å²) in [6.45, 7) is 3.00. The highest BCUT2D eigenvalue weighted by atomic mass is 16.4. The van der Waals surface area contributed by atoms with Crippen molar-refractivity contribution in [2.45, 2.75) is 6.92 Å². The number of carboxylic acids is 1. The number of likely N-dealkylation sites (tertiary alicyclic amines) is 1. The van der Waals surface area contributed by atoms with Gasteiger partial charge in [0.1, 0.15) is 11.2 Å². The van der Waals surface area contributed by atoms with Gasteiger partial charge in [0.2, 0.25) is 5.91 Å². The first-order chi connectivity index (χ1) is 11.7. The topological polar surface area (TPSA) is 94.1 Å². The summed E-state index contributed by atoms with van der Waals surface area (Å²) in [6, 6.07) is 3.45. The van der Waals surface area contributed by atoms with E-state index in [1.807, 2.05) is 4.90 Å². The lowest BCUT2D eigenvalue weighted by Gasteiger charge is -2.25. The third-order valence-corrected chi connectivity index (χ3v) is 5.21. The number of amides is 2. The molecule has 3 rings (SSSR count). The van der Waals surface area contributed by atoms with Gasteiger partial charge < -0.3 is 19.8 Å². The van der Waals surface area contributed by atoms with Crippen molar-refractivity contribution in [2.24, 2.45) is 11.3 Å². The molecule has 2 aliphatic rings. The third kappa shape index (κ3) is 2.81. The van der Waals surface area contributed by atoms with E-state index in [1.165, 1.54) is 18.0 Å². The fraction of sp³-hybridized carbons (Fsp3) is 0.529. The molecule has 3 heterocycles. The van der Waals surface area contributed by atoms with Crippen molar-refractivity contribution in [1.82, 2.24) is 14.8 Å². The van der Waals surface area contributed by atoms with E-state index in [4.69, 9.17) is 0 Å². The van der Waals surface area contributed by atoms with E-state index in [9.17, 15) is 19.5 Å². The molecule has 8 heteroatoms. The highest BCUT2D eigenvalue weighted by Gasteiger charge is 2.58. The number of aromatic nitrogens is 1. The Hall–Kier alpha value is -2.64. The van der Waals surface area contributed by atoms with Gasteiger partial charge >= 0.3 is 5.97 Å². The number of aliphatic carboxylic acids is 1. The van der Waals surface area contributed by atoms with E-state index in [-0.39, 0.29) is 24.3 Å². The number of fused-ring (bicyclic) bond motifs is 1. The molecule has 0 saturated carbocycles. The predicted molar refractivity (Wildman–Crippen MR) is 90.3 cm³/mol. The summed E-state index contributed by atoms with van der Waals surface area (Å²) in [5.41, 5.74) is -0.463. The molecule has 8 nitrogen and oxygen atoms in total. The standard InChI is InChI=1S/C17H22N4O4/c1-11(22)20-7-13-8-21(10-17(13,9-20)16(24)25)14-5-4-12(6-18-14)15(23)19(2)3/h4-6,13H,7-10H2,1-3H3,(H,24,25)/t13-,17-/m0/s1. The molecule has 0 radical (unpaired) electrons. The number of pyridine rings is 1. The second-order valence-electron chi connectivity index (χ2n) is 7.04. The van der Waals surface area contributed by atoms with Crippen molar-refractivity contribution >= 4 is 23.6 Å². The number of nitrogens with zero attached hydrogens (tertiary/aromatic N) is 4. The van der Waals surface area contributed by atoms with Crippen LogP contribution in [-0.2, 0) is 9.59 Å². The fourth-order valence-electron chi connectivity index (χ4n) is 3.74. The average Bonchev–Trinajstić information content (AvgIpc) is 3.09. The number of carboxylic acid groups (broad SMARTS) is 1. The van der Waals surface area contributed by atoms with E-state index in [1.54, 1.807) is 31.1 Å². The van der Waals surface area contributed by atoms with E-state index in [0.29, 0.717) is 31.0 Å². The molecule has 134 valence electrons. The first-order valence-corrected chi connectivity index (χ1v) is 8.16. The molecule has 1 N–H and O–H groups in total. The van der Waals surface area contributed by atoms with Gasteiger partial charge in [0.25, 0.3) is 5.91 Å². The molecule has 0 aliphatic carbocycles. The number of anilines is 1. The Balaban J connectivity index is 1.80. The summed E-state index contributed by atoms with van der Waals surface area (Å²) >= 11 is 0. The number of carbonyl (C=O) groups is 3. The minimum atomic E-state index is -0.953. The second kappa shape index (κ2) is 6.02. The number of rotatable bonds is 3. The van der Waals surface area contributed by atoms with Crippen molar-refractivity contribution in [3.63, 3.8) is 0 Å². The maximum atomic E-state index is 11.9. The highest BCUT2D eigenvalue weighted by Crippen LogP contribution is 2.43. The molecule has 0 bridgehead atoms. The van der Waals surface area contributed by atoms with Gasteiger partial charge in [-0.1, -0.05) is 0 Å². The monoisotopic (exact) mass is 346 g/mol. The molecular weight excluding hydrogens is 324 g/mol. The summed E-state index contributed by atoms with van der Waals surface area (Å²) in [6.07, 6.45) is 1.51. The Labute approximate surface area is 146 Å². The van der Waals surface area contributed by atoms with E-state index in [0.717, 1.165) is 0 Å². The average molecular weight is 346 g/mol. The third-order valence-electron chi connectivity index (χ3n) is 5.21. The molecule has 2 saturated heterocycles. The summed E-state index contributed by atoms with van der Waals surface area (Å²) in [5, 5.41) is 9.78. The van der Waals surface area contributed by atoms with Crippen LogP contribution in [-0.4, -0.2) is 77.9 Å². The van der Waals surface area contributed by atoms with Crippen molar-refractivity contribution in [3.8, 4) is 0 Å². The minimum Gasteiger partial charge on any atom is -0.481 e. The molecule has 2 fully saturated rings. The van der Waals surface area contributed by atoms with Gasteiger partial charge in [-0.3, -0.25) is 14.4 Å². The van der Waals surface area contributed by atoms with Crippen LogP contribution >= 0.6 is 0 Å². The van der Waals surface area contributed by atoms with E-state index < -0.39 is 11.4 Å². The van der Waals surface area contributed by atoms with Crippen LogP contribution in [0.3, 0.4) is 0 Å². The zero-order valence-corrected chi connectivity index (χ0v) is 14.6. The summed E-state index contributed by atoms with van der Waals surface area (Å²) in [4.78, 5) is 44.9. The van der Waals surface area contributed by atoms with Gasteiger partial charge in [-0.15, -0.1) is 0 Å². The van der Waals surface area contributed by atoms with Gasteiger partial charge in [-0.25, -0.2) is 4.98 Å². The lowest BCUT2D eigenvalue weighted by atomic mass is 9.81. The van der Waals surface area contributed by atoms with Crippen molar-refractivity contribution in [2.75, 3.05) is 45.2 Å². The smallest absolute Gasteiger partial charge is 0.313 e. The second-order valence-corrected chi connectivity index (χ2v) is 7.04. The van der Waals surface area contributed by atoms with Crippen LogP contribution in [0.1, 0.15) is 17.3 Å². The van der Waals surface area contributed by atoms with E-state index >= 15 is 0 Å². The summed E-state index contributed by atoms with van der Waals surface area (Å²) < 4.78 is 0. The van der Waals surface area contributed by atoms with Gasteiger partial charge in [0, 0.05) is 59.3 Å². The molecule has 1 aromatic heterocycles.